The van der Waals surface area contributed by atoms with Gasteiger partial charge in [0.25, 0.3) is 5.91 Å². The number of carbonyl (C=O) groups is 1. The van der Waals surface area contributed by atoms with Crippen molar-refractivity contribution < 1.29 is 9.53 Å². The highest BCUT2D eigenvalue weighted by Crippen LogP contribution is 2.20. The lowest BCUT2D eigenvalue weighted by Gasteiger charge is -2.04. The maximum atomic E-state index is 12.2. The smallest absolute Gasteiger partial charge is 0.256 e. The molecule has 106 valence electrons. The molecule has 0 aliphatic rings. The molecule has 0 spiro atoms. The summed E-state index contributed by atoms with van der Waals surface area (Å²) in [6.07, 6.45) is 0. The van der Waals surface area contributed by atoms with Crippen LogP contribution in [0.2, 0.25) is 0 Å². The van der Waals surface area contributed by atoms with Crippen molar-refractivity contribution >= 4 is 22.6 Å². The van der Waals surface area contributed by atoms with Crippen molar-refractivity contribution in [1.29, 1.82) is 0 Å². The summed E-state index contributed by atoms with van der Waals surface area (Å²) < 4.78 is 5.05. The van der Waals surface area contributed by atoms with E-state index in [0.29, 0.717) is 18.0 Å². The minimum Gasteiger partial charge on any atom is -0.380 e. The molecule has 5 heteroatoms. The van der Waals surface area contributed by atoms with Crippen LogP contribution in [0.15, 0.2) is 48.5 Å². The summed E-state index contributed by atoms with van der Waals surface area (Å²) in [7, 11) is 1.64. The van der Waals surface area contributed by atoms with Gasteiger partial charge in [0.1, 0.15) is 0 Å². The molecule has 0 aliphatic heterocycles. The summed E-state index contributed by atoms with van der Waals surface area (Å²) in [5.74, 6) is 0.354. The Morgan fingerprint density at radius 2 is 1.95 bits per heavy atom. The van der Waals surface area contributed by atoms with Crippen molar-refractivity contribution in [3.8, 4) is 0 Å². The van der Waals surface area contributed by atoms with Gasteiger partial charge in [-0.25, -0.2) is 0 Å². The van der Waals surface area contributed by atoms with Crippen molar-refractivity contribution in [3.63, 3.8) is 0 Å². The molecule has 0 atom stereocenters. The highest BCUT2D eigenvalue weighted by atomic mass is 16.5. The average molecular weight is 281 g/mol. The second-order valence-corrected chi connectivity index (χ2v) is 4.70. The predicted molar refractivity (Wildman–Crippen MR) is 81.2 cm³/mol. The summed E-state index contributed by atoms with van der Waals surface area (Å²) in [6, 6.07) is 15.0. The lowest BCUT2D eigenvalue weighted by atomic mass is 10.1. The minimum atomic E-state index is -0.184. The van der Waals surface area contributed by atoms with Gasteiger partial charge in [-0.15, -0.1) is 0 Å². The maximum Gasteiger partial charge on any atom is 0.256 e. The van der Waals surface area contributed by atoms with E-state index >= 15 is 0 Å². The minimum absolute atomic E-state index is 0.184. The highest BCUT2D eigenvalue weighted by Gasteiger charge is 2.10. The van der Waals surface area contributed by atoms with E-state index < -0.39 is 0 Å². The number of methoxy groups -OCH3 is 1. The molecule has 21 heavy (non-hydrogen) atoms. The third-order valence-electron chi connectivity index (χ3n) is 3.23. The second-order valence-electron chi connectivity index (χ2n) is 4.70. The number of H-pyrrole nitrogens is 1. The first kappa shape index (κ1) is 13.3. The van der Waals surface area contributed by atoms with Crippen LogP contribution in [0.4, 0.5) is 5.82 Å². The standard InChI is InChI=1S/C16H15N3O2/c1-21-10-11-6-8-12(9-7-11)16(20)17-15-13-4-2-3-5-14(13)18-19-15/h2-9H,10H2,1H3,(H2,17,18,19,20). The fourth-order valence-electron chi connectivity index (χ4n) is 2.16. The highest BCUT2D eigenvalue weighted by molar-refractivity contribution is 6.07. The number of nitrogens with zero attached hydrogens (tertiary/aromatic N) is 1. The Morgan fingerprint density at radius 1 is 1.19 bits per heavy atom. The fraction of sp³-hybridized carbons (Fsp3) is 0.125. The van der Waals surface area contributed by atoms with Crippen LogP contribution in [-0.2, 0) is 11.3 Å². The molecule has 2 N–H and O–H groups in total. The van der Waals surface area contributed by atoms with Crippen molar-refractivity contribution in [2.45, 2.75) is 6.61 Å². The fourth-order valence-corrected chi connectivity index (χ4v) is 2.16. The Morgan fingerprint density at radius 3 is 2.71 bits per heavy atom. The first-order valence-electron chi connectivity index (χ1n) is 6.60. The normalized spacial score (nSPS) is 10.7. The van der Waals surface area contributed by atoms with E-state index in [1.54, 1.807) is 19.2 Å². The van der Waals surface area contributed by atoms with Gasteiger partial charge in [0, 0.05) is 18.1 Å². The number of para-hydroxylation sites is 1. The Hall–Kier alpha value is -2.66. The first-order valence-corrected chi connectivity index (χ1v) is 6.60. The number of hydrogen-bond acceptors (Lipinski definition) is 3. The molecule has 0 unspecified atom stereocenters. The molecule has 1 heterocycles. The number of anilines is 1. The first-order chi connectivity index (χ1) is 10.3. The molecule has 0 radical (unpaired) electrons. The van der Waals surface area contributed by atoms with Crippen LogP contribution in [0.1, 0.15) is 15.9 Å². The molecular formula is C16H15N3O2. The molecule has 0 aliphatic carbocycles. The lowest BCUT2D eigenvalue weighted by Crippen LogP contribution is -2.12. The van der Waals surface area contributed by atoms with Gasteiger partial charge in [-0.2, -0.15) is 5.10 Å². The quantitative estimate of drug-likeness (QED) is 0.772. The monoisotopic (exact) mass is 281 g/mol. The number of hydrogen-bond donors (Lipinski definition) is 2. The summed E-state index contributed by atoms with van der Waals surface area (Å²) >= 11 is 0. The van der Waals surface area contributed by atoms with E-state index in [1.165, 1.54) is 0 Å². The van der Waals surface area contributed by atoms with E-state index in [9.17, 15) is 4.79 Å². The molecular weight excluding hydrogens is 266 g/mol. The van der Waals surface area contributed by atoms with E-state index in [1.807, 2.05) is 36.4 Å². The van der Waals surface area contributed by atoms with Gasteiger partial charge in [0.2, 0.25) is 0 Å². The number of rotatable bonds is 4. The van der Waals surface area contributed by atoms with E-state index in [2.05, 4.69) is 15.5 Å². The number of aromatic amines is 1. The number of nitrogens with one attached hydrogen (secondary N) is 2. The summed E-state index contributed by atoms with van der Waals surface area (Å²) in [5, 5.41) is 10.7. The van der Waals surface area contributed by atoms with Crippen LogP contribution in [0, 0.1) is 0 Å². The van der Waals surface area contributed by atoms with Gasteiger partial charge in [-0.1, -0.05) is 24.3 Å². The zero-order valence-electron chi connectivity index (χ0n) is 11.6. The third kappa shape index (κ3) is 2.78. The molecule has 0 bridgehead atoms. The number of benzene rings is 2. The Bertz CT molecular complexity index is 763. The van der Waals surface area contributed by atoms with Crippen LogP contribution >= 0.6 is 0 Å². The topological polar surface area (TPSA) is 67.0 Å². The number of ether oxygens (including phenoxy) is 1. The van der Waals surface area contributed by atoms with E-state index in [0.717, 1.165) is 16.5 Å². The number of aromatic nitrogens is 2. The van der Waals surface area contributed by atoms with Crippen molar-refractivity contribution in [3.05, 3.63) is 59.7 Å². The summed E-state index contributed by atoms with van der Waals surface area (Å²) in [6.45, 7) is 0.534. The number of carbonyl (C=O) groups excluding carboxylic acids is 1. The predicted octanol–water partition coefficient (Wildman–Crippen LogP) is 2.96. The zero-order chi connectivity index (χ0) is 14.7. The van der Waals surface area contributed by atoms with Crippen LogP contribution in [0.3, 0.4) is 0 Å². The van der Waals surface area contributed by atoms with Gasteiger partial charge in [-0.3, -0.25) is 9.89 Å². The Kier molecular flexibility index (Phi) is 3.66. The molecule has 2 aromatic carbocycles. The van der Waals surface area contributed by atoms with Crippen LogP contribution < -0.4 is 5.32 Å². The zero-order valence-corrected chi connectivity index (χ0v) is 11.6. The number of amides is 1. The van der Waals surface area contributed by atoms with Gasteiger partial charge in [-0.05, 0) is 29.8 Å². The van der Waals surface area contributed by atoms with Gasteiger partial charge in [0.15, 0.2) is 5.82 Å². The molecule has 1 amide bonds. The summed E-state index contributed by atoms with van der Waals surface area (Å²) in [5.41, 5.74) is 2.50. The van der Waals surface area contributed by atoms with Crippen LogP contribution in [0.25, 0.3) is 10.9 Å². The average Bonchev–Trinajstić information content (AvgIpc) is 2.92. The molecule has 0 fully saturated rings. The SMILES string of the molecule is COCc1ccc(C(=O)Nc2n[nH]c3ccccc23)cc1. The van der Waals surface area contributed by atoms with Gasteiger partial charge >= 0.3 is 0 Å². The van der Waals surface area contributed by atoms with Gasteiger partial charge < -0.3 is 10.1 Å². The molecule has 0 saturated carbocycles. The van der Waals surface area contributed by atoms with Gasteiger partial charge in [0.05, 0.1) is 12.1 Å². The van der Waals surface area contributed by atoms with Crippen LogP contribution in [0.5, 0.6) is 0 Å². The molecule has 5 nitrogen and oxygen atoms in total. The maximum absolute atomic E-state index is 12.2. The molecule has 1 aromatic heterocycles. The van der Waals surface area contributed by atoms with Crippen LogP contribution in [-0.4, -0.2) is 23.2 Å². The van der Waals surface area contributed by atoms with Crippen molar-refractivity contribution in [2.75, 3.05) is 12.4 Å². The van der Waals surface area contributed by atoms with Crippen molar-refractivity contribution in [2.24, 2.45) is 0 Å². The number of fused-ring (bicyclic) bond motifs is 1. The molecule has 3 rings (SSSR count). The lowest BCUT2D eigenvalue weighted by molar-refractivity contribution is 0.102. The molecule has 3 aromatic rings. The second kappa shape index (κ2) is 5.76. The van der Waals surface area contributed by atoms with E-state index in [-0.39, 0.29) is 5.91 Å². The Balaban J connectivity index is 1.79. The van der Waals surface area contributed by atoms with Crippen molar-refractivity contribution in [1.82, 2.24) is 10.2 Å². The Labute approximate surface area is 121 Å². The largest absolute Gasteiger partial charge is 0.380 e. The third-order valence-corrected chi connectivity index (χ3v) is 3.23. The molecule has 0 saturated heterocycles. The summed E-state index contributed by atoms with van der Waals surface area (Å²) in [4.78, 5) is 12.2. The van der Waals surface area contributed by atoms with E-state index in [4.69, 9.17) is 4.74 Å².